The highest BCUT2D eigenvalue weighted by molar-refractivity contribution is 5.80. The van der Waals surface area contributed by atoms with Gasteiger partial charge in [-0.15, -0.1) is 0 Å². The molecule has 3 aromatic heterocycles. The molecule has 4 heterocycles. The Morgan fingerprint density at radius 2 is 2.13 bits per heavy atom. The van der Waals surface area contributed by atoms with Crippen LogP contribution in [0, 0.1) is 0 Å². The number of benzene rings is 1. The smallest absolute Gasteiger partial charge is 0.417 e. The molecule has 9 heteroatoms. The van der Waals surface area contributed by atoms with Gasteiger partial charge in [-0.05, 0) is 43.5 Å². The molecule has 0 radical (unpaired) electrons. The second kappa shape index (κ2) is 7.83. The number of nitrogens with zero attached hydrogens (tertiary/aromatic N) is 3. The van der Waals surface area contributed by atoms with Crippen molar-refractivity contribution in [3.63, 3.8) is 0 Å². The Bertz CT molecular complexity index is 1190. The van der Waals surface area contributed by atoms with Crippen LogP contribution >= 0.6 is 0 Å². The number of rotatable bonds is 6. The van der Waals surface area contributed by atoms with Crippen molar-refractivity contribution >= 4 is 28.2 Å². The van der Waals surface area contributed by atoms with E-state index < -0.39 is 5.76 Å². The van der Waals surface area contributed by atoms with E-state index >= 15 is 0 Å². The number of hydrogen-bond donors (Lipinski definition) is 2. The second-order valence-corrected chi connectivity index (χ2v) is 7.47. The average Bonchev–Trinajstić information content (AvgIpc) is 3.32. The number of anilines is 1. The van der Waals surface area contributed by atoms with Crippen LogP contribution in [0.3, 0.4) is 0 Å². The van der Waals surface area contributed by atoms with E-state index in [1.807, 2.05) is 25.1 Å². The van der Waals surface area contributed by atoms with Gasteiger partial charge in [0.05, 0.1) is 12.8 Å². The standard InChI is InChI=1S/C21H23N5O4/c1-2-28-16-9-13(10-17-19(16)25-21(27)30-17)12-26-7-4-14(5-8-26)23-20-24-15-3-6-22-11-18(15)29-20/h3,6,9-11,14H,2,4-5,7-8,12H2,1H3,(H,23,24)(H,25,27). The van der Waals surface area contributed by atoms with Crippen molar-refractivity contribution < 1.29 is 13.6 Å². The molecule has 9 nitrogen and oxygen atoms in total. The molecule has 156 valence electrons. The van der Waals surface area contributed by atoms with E-state index in [4.69, 9.17) is 13.6 Å². The third-order valence-corrected chi connectivity index (χ3v) is 5.37. The number of ether oxygens (including phenoxy) is 1. The third-order valence-electron chi connectivity index (χ3n) is 5.37. The number of aromatic nitrogens is 3. The maximum atomic E-state index is 11.6. The maximum Gasteiger partial charge on any atom is 0.417 e. The normalized spacial score (nSPS) is 15.8. The molecule has 1 aromatic carbocycles. The van der Waals surface area contributed by atoms with Crippen LogP contribution in [0.2, 0.25) is 0 Å². The van der Waals surface area contributed by atoms with Crippen LogP contribution in [0.1, 0.15) is 25.3 Å². The van der Waals surface area contributed by atoms with Gasteiger partial charge in [0.2, 0.25) is 0 Å². The van der Waals surface area contributed by atoms with Gasteiger partial charge in [-0.2, -0.15) is 4.98 Å². The Hall–Kier alpha value is -3.33. The van der Waals surface area contributed by atoms with Gasteiger partial charge in [0.15, 0.2) is 11.2 Å². The zero-order valence-electron chi connectivity index (χ0n) is 16.7. The molecule has 0 aliphatic carbocycles. The molecular weight excluding hydrogens is 386 g/mol. The van der Waals surface area contributed by atoms with E-state index in [-0.39, 0.29) is 0 Å². The van der Waals surface area contributed by atoms with Crippen LogP contribution in [0.5, 0.6) is 5.75 Å². The first-order chi connectivity index (χ1) is 14.7. The fraction of sp³-hybridized carbons (Fsp3) is 0.381. The summed E-state index contributed by atoms with van der Waals surface area (Å²) in [5.41, 5.74) is 3.70. The van der Waals surface area contributed by atoms with Gasteiger partial charge in [-0.3, -0.25) is 14.9 Å². The van der Waals surface area contributed by atoms with Crippen LogP contribution in [-0.2, 0) is 6.54 Å². The van der Waals surface area contributed by atoms with Crippen molar-refractivity contribution in [2.45, 2.75) is 32.4 Å². The number of fused-ring (bicyclic) bond motifs is 2. The van der Waals surface area contributed by atoms with E-state index in [1.54, 1.807) is 12.4 Å². The minimum absolute atomic E-state index is 0.312. The van der Waals surface area contributed by atoms with Gasteiger partial charge < -0.3 is 18.9 Å². The zero-order chi connectivity index (χ0) is 20.5. The van der Waals surface area contributed by atoms with Crippen LogP contribution in [0.15, 0.2) is 44.2 Å². The van der Waals surface area contributed by atoms with Gasteiger partial charge in [0, 0.05) is 31.9 Å². The predicted octanol–water partition coefficient (Wildman–Crippen LogP) is 3.13. The summed E-state index contributed by atoms with van der Waals surface area (Å²) < 4.78 is 16.7. The van der Waals surface area contributed by atoms with Crippen molar-refractivity contribution in [3.8, 4) is 5.75 Å². The molecule has 4 aromatic rings. The summed E-state index contributed by atoms with van der Waals surface area (Å²) in [6.07, 6.45) is 5.35. The SMILES string of the molecule is CCOc1cc(CN2CCC(Nc3nc4ccncc4o3)CC2)cc2oc(=O)[nH]c12. The second-order valence-electron chi connectivity index (χ2n) is 7.47. The lowest BCUT2D eigenvalue weighted by atomic mass is 10.0. The third kappa shape index (κ3) is 3.76. The first-order valence-electron chi connectivity index (χ1n) is 10.2. The van der Waals surface area contributed by atoms with Crippen LogP contribution in [0.25, 0.3) is 22.2 Å². The van der Waals surface area contributed by atoms with E-state index in [9.17, 15) is 4.79 Å². The summed E-state index contributed by atoms with van der Waals surface area (Å²) in [4.78, 5) is 25.2. The van der Waals surface area contributed by atoms with Crippen molar-refractivity contribution in [1.29, 1.82) is 0 Å². The highest BCUT2D eigenvalue weighted by Crippen LogP contribution is 2.27. The summed E-state index contributed by atoms with van der Waals surface area (Å²) in [7, 11) is 0. The Kier molecular flexibility index (Phi) is 4.88. The Morgan fingerprint density at radius 1 is 1.27 bits per heavy atom. The lowest BCUT2D eigenvalue weighted by molar-refractivity contribution is 0.210. The molecule has 0 saturated carbocycles. The number of likely N-dealkylation sites (tertiary alicyclic amines) is 1. The van der Waals surface area contributed by atoms with Gasteiger partial charge in [0.25, 0.3) is 6.01 Å². The molecule has 30 heavy (non-hydrogen) atoms. The Morgan fingerprint density at radius 3 is 2.93 bits per heavy atom. The minimum Gasteiger partial charge on any atom is -0.492 e. The molecule has 1 fully saturated rings. The molecule has 0 spiro atoms. The summed E-state index contributed by atoms with van der Waals surface area (Å²) in [5, 5.41) is 3.40. The van der Waals surface area contributed by atoms with Crippen molar-refractivity contribution in [2.24, 2.45) is 0 Å². The lowest BCUT2D eigenvalue weighted by Crippen LogP contribution is -2.38. The topological polar surface area (TPSA) is 109 Å². The summed E-state index contributed by atoms with van der Waals surface area (Å²) in [5.74, 6) is 0.183. The lowest BCUT2D eigenvalue weighted by Gasteiger charge is -2.32. The first-order valence-corrected chi connectivity index (χ1v) is 10.2. The minimum atomic E-state index is -0.468. The summed E-state index contributed by atoms with van der Waals surface area (Å²) in [6, 6.07) is 6.59. The largest absolute Gasteiger partial charge is 0.492 e. The van der Waals surface area contributed by atoms with Gasteiger partial charge in [0.1, 0.15) is 16.8 Å². The molecule has 1 saturated heterocycles. The van der Waals surface area contributed by atoms with Gasteiger partial charge in [-0.25, -0.2) is 4.79 Å². The number of nitrogens with one attached hydrogen (secondary N) is 2. The maximum absolute atomic E-state index is 11.6. The van der Waals surface area contributed by atoms with Crippen LogP contribution in [-0.4, -0.2) is 45.6 Å². The zero-order valence-corrected chi connectivity index (χ0v) is 16.7. The quantitative estimate of drug-likeness (QED) is 0.500. The first kappa shape index (κ1) is 18.7. The molecule has 0 atom stereocenters. The Balaban J connectivity index is 1.23. The highest BCUT2D eigenvalue weighted by atomic mass is 16.5. The number of oxazole rings is 2. The fourth-order valence-electron chi connectivity index (χ4n) is 3.95. The van der Waals surface area contributed by atoms with E-state index in [2.05, 4.69) is 25.2 Å². The van der Waals surface area contributed by atoms with E-state index in [0.29, 0.717) is 41.1 Å². The number of piperidine rings is 1. The van der Waals surface area contributed by atoms with Crippen LogP contribution < -0.4 is 15.8 Å². The molecule has 5 rings (SSSR count). The Labute approximate surface area is 172 Å². The van der Waals surface area contributed by atoms with Gasteiger partial charge in [-0.1, -0.05) is 0 Å². The molecule has 0 unspecified atom stereocenters. The highest BCUT2D eigenvalue weighted by Gasteiger charge is 2.21. The molecule has 0 amide bonds. The fourth-order valence-corrected chi connectivity index (χ4v) is 3.95. The molecule has 1 aliphatic heterocycles. The molecule has 1 aliphatic rings. The number of hydrogen-bond acceptors (Lipinski definition) is 8. The van der Waals surface area contributed by atoms with Gasteiger partial charge >= 0.3 is 5.76 Å². The molecule has 2 N–H and O–H groups in total. The van der Waals surface area contributed by atoms with E-state index in [1.165, 1.54) is 0 Å². The molecular formula is C21H23N5O4. The number of aromatic amines is 1. The predicted molar refractivity (Wildman–Crippen MR) is 112 cm³/mol. The van der Waals surface area contributed by atoms with Crippen molar-refractivity contribution in [2.75, 3.05) is 25.0 Å². The van der Waals surface area contributed by atoms with Crippen molar-refractivity contribution in [3.05, 3.63) is 46.7 Å². The van der Waals surface area contributed by atoms with Crippen molar-refractivity contribution in [1.82, 2.24) is 19.9 Å². The average molecular weight is 409 g/mol. The van der Waals surface area contributed by atoms with Crippen LogP contribution in [0.4, 0.5) is 6.01 Å². The summed E-state index contributed by atoms with van der Waals surface area (Å²) in [6.45, 7) is 5.10. The molecule has 0 bridgehead atoms. The number of H-pyrrole nitrogens is 1. The summed E-state index contributed by atoms with van der Waals surface area (Å²) >= 11 is 0. The monoisotopic (exact) mass is 409 g/mol. The number of pyridine rings is 1. The van der Waals surface area contributed by atoms with E-state index in [0.717, 1.165) is 43.6 Å².